The van der Waals surface area contributed by atoms with Gasteiger partial charge in [-0.1, -0.05) is 24.3 Å². The summed E-state index contributed by atoms with van der Waals surface area (Å²) in [5.41, 5.74) is 1.28. The maximum atomic E-state index is 12.3. The minimum atomic E-state index is -1.07. The van der Waals surface area contributed by atoms with Crippen molar-refractivity contribution in [2.24, 2.45) is 0 Å². The Morgan fingerprint density at radius 2 is 2.12 bits per heavy atom. The first-order valence-corrected chi connectivity index (χ1v) is 8.41. The van der Waals surface area contributed by atoms with E-state index in [1.165, 1.54) is 18.6 Å². The van der Waals surface area contributed by atoms with Crippen molar-refractivity contribution in [2.75, 3.05) is 6.54 Å². The van der Waals surface area contributed by atoms with E-state index >= 15 is 0 Å². The number of aliphatic hydroxyl groups is 1. The third-order valence-corrected chi connectivity index (χ3v) is 4.63. The second-order valence-electron chi connectivity index (χ2n) is 6.47. The Labute approximate surface area is 146 Å². The van der Waals surface area contributed by atoms with Crippen molar-refractivity contribution < 1.29 is 19.1 Å². The second-order valence-corrected chi connectivity index (χ2v) is 6.47. The van der Waals surface area contributed by atoms with Gasteiger partial charge in [-0.05, 0) is 43.4 Å². The topological polar surface area (TPSA) is 91.6 Å². The first-order chi connectivity index (χ1) is 12.0. The van der Waals surface area contributed by atoms with Crippen LogP contribution in [0.2, 0.25) is 0 Å². The number of hydrogen-bond donors (Lipinski definition) is 3. The number of furan rings is 1. The monoisotopic (exact) mass is 342 g/mol. The molecule has 0 saturated heterocycles. The largest absolute Gasteiger partial charge is 0.472 e. The molecule has 132 valence electrons. The Hall–Kier alpha value is -2.60. The fourth-order valence-electron chi connectivity index (χ4n) is 3.21. The van der Waals surface area contributed by atoms with Crippen LogP contribution < -0.4 is 10.6 Å². The molecule has 0 fully saturated rings. The van der Waals surface area contributed by atoms with Gasteiger partial charge in [0, 0.05) is 0 Å². The molecule has 1 aliphatic rings. The summed E-state index contributed by atoms with van der Waals surface area (Å²) in [7, 11) is 0. The van der Waals surface area contributed by atoms with E-state index in [4.69, 9.17) is 4.42 Å². The van der Waals surface area contributed by atoms with Gasteiger partial charge in [0.05, 0.1) is 18.4 Å². The lowest BCUT2D eigenvalue weighted by molar-refractivity contribution is -0.124. The van der Waals surface area contributed by atoms with Crippen LogP contribution >= 0.6 is 0 Å². The molecule has 0 radical (unpaired) electrons. The fraction of sp³-hybridized carbons (Fsp3) is 0.368. The zero-order chi connectivity index (χ0) is 17.9. The van der Waals surface area contributed by atoms with Crippen molar-refractivity contribution in [3.8, 4) is 0 Å². The van der Waals surface area contributed by atoms with Gasteiger partial charge in [-0.3, -0.25) is 9.59 Å². The van der Waals surface area contributed by atoms with E-state index in [-0.39, 0.29) is 18.4 Å². The maximum Gasteiger partial charge on any atom is 0.255 e. The standard InChI is InChI=1S/C19H22N2O4/c1-13(21-18(23)15-8-10-25-11-15)17(22)20-12-19(24)9-4-6-14-5-2-3-7-16(14)19/h2-3,5,7-8,10-11,13,24H,4,6,9,12H2,1H3,(H,20,22)(H,21,23). The minimum Gasteiger partial charge on any atom is -0.472 e. The van der Waals surface area contributed by atoms with Gasteiger partial charge in [-0.25, -0.2) is 0 Å². The zero-order valence-electron chi connectivity index (χ0n) is 14.1. The van der Waals surface area contributed by atoms with Crippen molar-refractivity contribution >= 4 is 11.8 Å². The van der Waals surface area contributed by atoms with E-state index < -0.39 is 11.6 Å². The lowest BCUT2D eigenvalue weighted by atomic mass is 9.79. The molecular formula is C19H22N2O4. The van der Waals surface area contributed by atoms with Crippen molar-refractivity contribution in [3.05, 3.63) is 59.5 Å². The molecular weight excluding hydrogens is 320 g/mol. The molecule has 2 aromatic rings. The van der Waals surface area contributed by atoms with Crippen LogP contribution in [-0.4, -0.2) is 29.5 Å². The first-order valence-electron chi connectivity index (χ1n) is 8.41. The average Bonchev–Trinajstić information content (AvgIpc) is 3.15. The van der Waals surface area contributed by atoms with Crippen molar-refractivity contribution in [3.63, 3.8) is 0 Å². The number of hydrogen-bond acceptors (Lipinski definition) is 4. The second kappa shape index (κ2) is 7.11. The molecule has 25 heavy (non-hydrogen) atoms. The number of amides is 2. The van der Waals surface area contributed by atoms with Crippen LogP contribution in [0.5, 0.6) is 0 Å². The highest BCUT2D eigenvalue weighted by Crippen LogP contribution is 2.34. The van der Waals surface area contributed by atoms with Gasteiger partial charge in [0.25, 0.3) is 5.91 Å². The molecule has 6 heteroatoms. The van der Waals surface area contributed by atoms with E-state index in [0.717, 1.165) is 24.0 Å². The number of aryl methyl sites for hydroxylation is 1. The van der Waals surface area contributed by atoms with E-state index in [1.54, 1.807) is 6.92 Å². The lowest BCUT2D eigenvalue weighted by Crippen LogP contribution is -2.49. The molecule has 3 N–H and O–H groups in total. The number of carbonyl (C=O) groups is 2. The van der Waals surface area contributed by atoms with Crippen molar-refractivity contribution in [1.29, 1.82) is 0 Å². The van der Waals surface area contributed by atoms with Crippen LogP contribution in [0.4, 0.5) is 0 Å². The molecule has 3 rings (SSSR count). The molecule has 1 aromatic heterocycles. The molecule has 0 saturated carbocycles. The summed E-state index contributed by atoms with van der Waals surface area (Å²) in [6.45, 7) is 1.72. The van der Waals surface area contributed by atoms with Crippen molar-refractivity contribution in [2.45, 2.75) is 37.8 Å². The van der Waals surface area contributed by atoms with E-state index in [0.29, 0.717) is 12.0 Å². The number of benzene rings is 1. The zero-order valence-corrected chi connectivity index (χ0v) is 14.1. The quantitative estimate of drug-likeness (QED) is 0.772. The average molecular weight is 342 g/mol. The molecule has 2 atom stereocenters. The highest BCUT2D eigenvalue weighted by molar-refractivity contribution is 5.97. The van der Waals surface area contributed by atoms with Crippen LogP contribution in [0.15, 0.2) is 47.3 Å². The molecule has 2 amide bonds. The van der Waals surface area contributed by atoms with E-state index in [2.05, 4.69) is 10.6 Å². The summed E-state index contributed by atoms with van der Waals surface area (Å²) in [4.78, 5) is 24.2. The van der Waals surface area contributed by atoms with Crippen LogP contribution in [0.25, 0.3) is 0 Å². The van der Waals surface area contributed by atoms with Gasteiger partial charge in [0.15, 0.2) is 0 Å². The van der Waals surface area contributed by atoms with Gasteiger partial charge in [0.1, 0.15) is 17.9 Å². The normalized spacial score (nSPS) is 20.4. The Balaban J connectivity index is 1.59. The fourth-order valence-corrected chi connectivity index (χ4v) is 3.21. The molecule has 6 nitrogen and oxygen atoms in total. The lowest BCUT2D eigenvalue weighted by Gasteiger charge is -2.35. The molecule has 0 spiro atoms. The van der Waals surface area contributed by atoms with Crippen LogP contribution in [-0.2, 0) is 16.8 Å². The molecule has 1 aromatic carbocycles. The maximum absolute atomic E-state index is 12.3. The third-order valence-electron chi connectivity index (χ3n) is 4.63. The third kappa shape index (κ3) is 3.74. The Morgan fingerprint density at radius 3 is 2.88 bits per heavy atom. The molecule has 2 unspecified atom stereocenters. The number of nitrogens with one attached hydrogen (secondary N) is 2. The summed E-state index contributed by atoms with van der Waals surface area (Å²) in [5.74, 6) is -0.716. The summed E-state index contributed by atoms with van der Waals surface area (Å²) in [6, 6.07) is 8.58. The van der Waals surface area contributed by atoms with Gasteiger partial charge >= 0.3 is 0 Å². The molecule has 0 aliphatic heterocycles. The number of carbonyl (C=O) groups excluding carboxylic acids is 2. The Morgan fingerprint density at radius 1 is 1.32 bits per heavy atom. The predicted molar refractivity (Wildman–Crippen MR) is 91.9 cm³/mol. The number of fused-ring (bicyclic) bond motifs is 1. The summed E-state index contributed by atoms with van der Waals surface area (Å²) >= 11 is 0. The van der Waals surface area contributed by atoms with Crippen LogP contribution in [0.1, 0.15) is 41.3 Å². The smallest absolute Gasteiger partial charge is 0.255 e. The van der Waals surface area contributed by atoms with Gasteiger partial charge in [0.2, 0.25) is 5.91 Å². The van der Waals surface area contributed by atoms with Gasteiger partial charge in [-0.15, -0.1) is 0 Å². The summed E-state index contributed by atoms with van der Waals surface area (Å²) in [6.07, 6.45) is 5.12. The van der Waals surface area contributed by atoms with Gasteiger partial charge in [-0.2, -0.15) is 0 Å². The first kappa shape index (κ1) is 17.2. The van der Waals surface area contributed by atoms with E-state index in [9.17, 15) is 14.7 Å². The summed E-state index contributed by atoms with van der Waals surface area (Å²) in [5, 5.41) is 16.3. The van der Waals surface area contributed by atoms with E-state index in [1.807, 2.05) is 24.3 Å². The predicted octanol–water partition coefficient (Wildman–Crippen LogP) is 1.74. The minimum absolute atomic E-state index is 0.120. The SMILES string of the molecule is CC(NC(=O)c1ccoc1)C(=O)NCC1(O)CCCc2ccccc21. The van der Waals surface area contributed by atoms with Crippen molar-refractivity contribution in [1.82, 2.24) is 10.6 Å². The molecule has 1 aliphatic carbocycles. The van der Waals surface area contributed by atoms with Crippen LogP contribution in [0.3, 0.4) is 0 Å². The highest BCUT2D eigenvalue weighted by Gasteiger charge is 2.34. The summed E-state index contributed by atoms with van der Waals surface area (Å²) < 4.78 is 4.86. The Kier molecular flexibility index (Phi) is 4.90. The number of rotatable bonds is 5. The molecule has 0 bridgehead atoms. The Bertz CT molecular complexity index is 757. The van der Waals surface area contributed by atoms with Gasteiger partial charge < -0.3 is 20.2 Å². The highest BCUT2D eigenvalue weighted by atomic mass is 16.3. The molecule has 1 heterocycles. The van der Waals surface area contributed by atoms with Crippen LogP contribution in [0, 0.1) is 0 Å².